The molecular formula is C17H22FN5. The van der Waals surface area contributed by atoms with Gasteiger partial charge in [-0.05, 0) is 32.0 Å². The van der Waals surface area contributed by atoms with E-state index in [2.05, 4.69) is 25.0 Å². The quantitative estimate of drug-likeness (QED) is 0.940. The van der Waals surface area contributed by atoms with Gasteiger partial charge in [0.15, 0.2) is 0 Å². The van der Waals surface area contributed by atoms with Crippen LogP contribution < -0.4 is 5.32 Å². The highest BCUT2D eigenvalue weighted by Gasteiger charge is 2.27. The van der Waals surface area contributed by atoms with Gasteiger partial charge in [-0.3, -0.25) is 4.90 Å². The predicted molar refractivity (Wildman–Crippen MR) is 85.4 cm³/mol. The number of hydrogen-bond acceptors (Lipinski definition) is 4. The summed E-state index contributed by atoms with van der Waals surface area (Å²) in [5.74, 6) is 2.58. The van der Waals surface area contributed by atoms with Gasteiger partial charge in [0.05, 0.1) is 6.54 Å². The number of benzene rings is 1. The van der Waals surface area contributed by atoms with Crippen molar-refractivity contribution in [3.8, 4) is 0 Å². The van der Waals surface area contributed by atoms with E-state index in [4.69, 9.17) is 0 Å². The molecular weight excluding hydrogens is 293 g/mol. The smallest absolute Gasteiger partial charge is 0.147 e. The summed E-state index contributed by atoms with van der Waals surface area (Å²) in [7, 11) is 0. The predicted octanol–water partition coefficient (Wildman–Crippen LogP) is 1.90. The van der Waals surface area contributed by atoms with Crippen LogP contribution in [-0.2, 0) is 19.6 Å². The second kappa shape index (κ2) is 6.37. The van der Waals surface area contributed by atoms with Gasteiger partial charge in [0.2, 0.25) is 0 Å². The summed E-state index contributed by atoms with van der Waals surface area (Å²) in [6, 6.07) is 7.07. The van der Waals surface area contributed by atoms with Gasteiger partial charge in [-0.15, -0.1) is 10.2 Å². The monoisotopic (exact) mass is 315 g/mol. The Balaban J connectivity index is 1.40. The van der Waals surface area contributed by atoms with E-state index in [9.17, 15) is 4.39 Å². The molecule has 23 heavy (non-hydrogen) atoms. The van der Waals surface area contributed by atoms with Crippen LogP contribution in [-0.4, -0.2) is 39.3 Å². The Kier molecular flexibility index (Phi) is 4.10. The molecule has 1 aromatic carbocycles. The van der Waals surface area contributed by atoms with Crippen molar-refractivity contribution < 1.29 is 4.39 Å². The number of likely N-dealkylation sites (tertiary alicyclic amines) is 1. The summed E-state index contributed by atoms with van der Waals surface area (Å²) in [6.07, 6.45) is 2.14. The summed E-state index contributed by atoms with van der Waals surface area (Å²) >= 11 is 0. The van der Waals surface area contributed by atoms with Crippen LogP contribution >= 0.6 is 0 Å². The van der Waals surface area contributed by atoms with E-state index < -0.39 is 0 Å². The fourth-order valence-electron chi connectivity index (χ4n) is 3.63. The minimum absolute atomic E-state index is 0.103. The third kappa shape index (κ3) is 3.01. The van der Waals surface area contributed by atoms with Gasteiger partial charge >= 0.3 is 0 Å². The number of halogens is 1. The van der Waals surface area contributed by atoms with Crippen molar-refractivity contribution in [1.82, 2.24) is 25.0 Å². The van der Waals surface area contributed by atoms with Crippen LogP contribution in [0.1, 0.15) is 36.0 Å². The number of aromatic nitrogens is 3. The summed E-state index contributed by atoms with van der Waals surface area (Å²) < 4.78 is 16.1. The average Bonchev–Trinajstić information content (AvgIpc) is 3.02. The summed E-state index contributed by atoms with van der Waals surface area (Å²) in [4.78, 5) is 2.34. The Morgan fingerprint density at radius 1 is 1.13 bits per heavy atom. The van der Waals surface area contributed by atoms with Crippen LogP contribution in [0, 0.1) is 5.82 Å². The zero-order valence-electron chi connectivity index (χ0n) is 13.2. The van der Waals surface area contributed by atoms with Crippen LogP contribution in [0.2, 0.25) is 0 Å². The largest absolute Gasteiger partial charge is 0.312 e. The minimum Gasteiger partial charge on any atom is -0.312 e. The van der Waals surface area contributed by atoms with Crippen LogP contribution in [0.15, 0.2) is 24.3 Å². The first-order valence-electron chi connectivity index (χ1n) is 8.40. The van der Waals surface area contributed by atoms with Gasteiger partial charge in [0, 0.05) is 31.1 Å². The molecule has 2 aliphatic heterocycles. The van der Waals surface area contributed by atoms with E-state index in [1.807, 2.05) is 12.1 Å². The van der Waals surface area contributed by atoms with Crippen molar-refractivity contribution in [2.75, 3.05) is 19.6 Å². The molecule has 0 spiro atoms. The number of nitrogens with zero attached hydrogens (tertiary/aromatic N) is 4. The number of piperidine rings is 1. The summed E-state index contributed by atoms with van der Waals surface area (Å²) in [5.41, 5.74) is 0.789. The van der Waals surface area contributed by atoms with Gasteiger partial charge in [-0.25, -0.2) is 4.39 Å². The van der Waals surface area contributed by atoms with Gasteiger partial charge in [-0.1, -0.05) is 18.2 Å². The average molecular weight is 315 g/mol. The molecule has 1 fully saturated rings. The van der Waals surface area contributed by atoms with Crippen LogP contribution in [0.5, 0.6) is 0 Å². The first-order chi connectivity index (χ1) is 11.3. The van der Waals surface area contributed by atoms with Crippen molar-refractivity contribution in [3.63, 3.8) is 0 Å². The molecule has 0 saturated carbocycles. The molecule has 0 unspecified atom stereocenters. The van der Waals surface area contributed by atoms with Gasteiger partial charge in [0.1, 0.15) is 17.5 Å². The molecule has 5 nitrogen and oxygen atoms in total. The van der Waals surface area contributed by atoms with Crippen LogP contribution in [0.25, 0.3) is 0 Å². The molecule has 0 amide bonds. The van der Waals surface area contributed by atoms with E-state index in [1.165, 1.54) is 0 Å². The first kappa shape index (κ1) is 14.8. The maximum Gasteiger partial charge on any atom is 0.147 e. The highest BCUT2D eigenvalue weighted by Crippen LogP contribution is 2.28. The Labute approximate surface area is 135 Å². The van der Waals surface area contributed by atoms with Gasteiger partial charge < -0.3 is 9.88 Å². The number of rotatable bonds is 3. The van der Waals surface area contributed by atoms with Crippen molar-refractivity contribution in [2.45, 2.75) is 38.4 Å². The topological polar surface area (TPSA) is 46.0 Å². The molecule has 2 aromatic rings. The standard InChI is InChI=1S/C17H22FN5/c18-15-4-2-1-3-14(15)12-22-8-5-13(6-9-22)17-21-20-16-11-19-7-10-23(16)17/h1-4,13,19H,5-12H2. The van der Waals surface area contributed by atoms with E-state index >= 15 is 0 Å². The lowest BCUT2D eigenvalue weighted by atomic mass is 9.95. The normalized spacial score (nSPS) is 19.7. The molecule has 2 aliphatic rings. The maximum atomic E-state index is 13.8. The SMILES string of the molecule is Fc1ccccc1CN1CCC(c2nnc3n2CCNC3)CC1. The van der Waals surface area contributed by atoms with E-state index in [0.29, 0.717) is 12.5 Å². The van der Waals surface area contributed by atoms with Crippen LogP contribution in [0.4, 0.5) is 4.39 Å². The second-order valence-electron chi connectivity index (χ2n) is 6.44. The van der Waals surface area contributed by atoms with Crippen molar-refractivity contribution in [3.05, 3.63) is 47.3 Å². The molecule has 3 heterocycles. The van der Waals surface area contributed by atoms with E-state index in [0.717, 1.165) is 62.8 Å². The molecule has 1 saturated heterocycles. The van der Waals surface area contributed by atoms with Crippen molar-refractivity contribution >= 4 is 0 Å². The highest BCUT2D eigenvalue weighted by molar-refractivity contribution is 5.17. The Morgan fingerprint density at radius 2 is 1.96 bits per heavy atom. The first-order valence-corrected chi connectivity index (χ1v) is 8.40. The number of hydrogen-bond donors (Lipinski definition) is 1. The zero-order chi connectivity index (χ0) is 15.6. The number of fused-ring (bicyclic) bond motifs is 1. The molecule has 1 aromatic heterocycles. The highest BCUT2D eigenvalue weighted by atomic mass is 19.1. The summed E-state index contributed by atoms with van der Waals surface area (Å²) in [5, 5.41) is 12.1. The van der Waals surface area contributed by atoms with Crippen LogP contribution in [0.3, 0.4) is 0 Å². The lowest BCUT2D eigenvalue weighted by Crippen LogP contribution is -2.35. The second-order valence-corrected chi connectivity index (χ2v) is 6.44. The molecule has 0 atom stereocenters. The van der Waals surface area contributed by atoms with Gasteiger partial charge in [-0.2, -0.15) is 0 Å². The van der Waals surface area contributed by atoms with Crippen molar-refractivity contribution in [1.29, 1.82) is 0 Å². The lowest BCUT2D eigenvalue weighted by molar-refractivity contribution is 0.197. The molecule has 6 heteroatoms. The summed E-state index contributed by atoms with van der Waals surface area (Å²) in [6.45, 7) is 5.44. The fraction of sp³-hybridized carbons (Fsp3) is 0.529. The lowest BCUT2D eigenvalue weighted by Gasteiger charge is -2.32. The Morgan fingerprint density at radius 3 is 2.78 bits per heavy atom. The third-order valence-corrected chi connectivity index (χ3v) is 4.96. The molecule has 0 bridgehead atoms. The minimum atomic E-state index is -0.103. The van der Waals surface area contributed by atoms with E-state index in [1.54, 1.807) is 12.1 Å². The molecule has 0 radical (unpaired) electrons. The third-order valence-electron chi connectivity index (χ3n) is 4.96. The fourth-order valence-corrected chi connectivity index (χ4v) is 3.63. The zero-order valence-corrected chi connectivity index (χ0v) is 13.2. The number of nitrogens with one attached hydrogen (secondary N) is 1. The maximum absolute atomic E-state index is 13.8. The molecule has 122 valence electrons. The Bertz CT molecular complexity index is 675. The molecule has 0 aliphatic carbocycles. The molecule has 1 N–H and O–H groups in total. The van der Waals surface area contributed by atoms with Crippen molar-refractivity contribution in [2.24, 2.45) is 0 Å². The van der Waals surface area contributed by atoms with E-state index in [-0.39, 0.29) is 5.82 Å². The Hall–Kier alpha value is -1.79. The molecule has 4 rings (SSSR count). The van der Waals surface area contributed by atoms with Gasteiger partial charge in [0.25, 0.3) is 0 Å².